The van der Waals surface area contributed by atoms with E-state index in [1.807, 2.05) is 18.8 Å². The van der Waals surface area contributed by atoms with Gasteiger partial charge in [-0.3, -0.25) is 9.78 Å². The molecule has 64 valence electrons. The molecule has 0 radical (unpaired) electrons. The van der Waals surface area contributed by atoms with Crippen LogP contribution in [0.1, 0.15) is 19.4 Å². The average Bonchev–Trinajstić information content (AvgIpc) is 2.08. The SMILES string of the molecule is C#Cc1c[nH]c(=O)[nH]c1=O.CC. The fraction of sp³-hybridized carbons (Fsp3) is 0.250. The van der Waals surface area contributed by atoms with Crippen LogP contribution in [0.2, 0.25) is 0 Å². The largest absolute Gasteiger partial charge is 0.325 e. The zero-order valence-electron chi connectivity index (χ0n) is 6.97. The summed E-state index contributed by atoms with van der Waals surface area (Å²) in [7, 11) is 0. The number of nitrogens with one attached hydrogen (secondary N) is 2. The minimum atomic E-state index is -0.552. The van der Waals surface area contributed by atoms with Gasteiger partial charge in [0.25, 0.3) is 5.56 Å². The average molecular weight is 166 g/mol. The highest BCUT2D eigenvalue weighted by Crippen LogP contribution is 1.75. The molecule has 0 aromatic carbocycles. The summed E-state index contributed by atoms with van der Waals surface area (Å²) in [6.45, 7) is 4.00. The van der Waals surface area contributed by atoms with Gasteiger partial charge in [0, 0.05) is 6.20 Å². The van der Waals surface area contributed by atoms with Gasteiger partial charge in [-0.15, -0.1) is 6.42 Å². The van der Waals surface area contributed by atoms with E-state index < -0.39 is 11.2 Å². The van der Waals surface area contributed by atoms with Crippen LogP contribution in [0.5, 0.6) is 0 Å². The number of hydrogen-bond acceptors (Lipinski definition) is 2. The van der Waals surface area contributed by atoms with Crippen molar-refractivity contribution < 1.29 is 0 Å². The van der Waals surface area contributed by atoms with Crippen LogP contribution < -0.4 is 11.2 Å². The minimum absolute atomic E-state index is 0.125. The Kier molecular flexibility index (Phi) is 4.24. The van der Waals surface area contributed by atoms with Crippen LogP contribution in [0.25, 0.3) is 0 Å². The third-order valence-electron chi connectivity index (χ3n) is 0.975. The molecule has 2 N–H and O–H groups in total. The van der Waals surface area contributed by atoms with E-state index in [2.05, 4.69) is 10.9 Å². The monoisotopic (exact) mass is 166 g/mol. The Morgan fingerprint density at radius 1 is 1.42 bits per heavy atom. The second-order valence-corrected chi connectivity index (χ2v) is 1.63. The maximum absolute atomic E-state index is 10.7. The van der Waals surface area contributed by atoms with Gasteiger partial charge in [0.1, 0.15) is 5.56 Å². The van der Waals surface area contributed by atoms with Gasteiger partial charge in [-0.05, 0) is 0 Å². The number of aromatic nitrogens is 2. The third-order valence-corrected chi connectivity index (χ3v) is 0.975. The van der Waals surface area contributed by atoms with Crippen molar-refractivity contribution in [1.29, 1.82) is 0 Å². The molecule has 0 amide bonds. The molecule has 0 unspecified atom stereocenters. The predicted octanol–water partition coefficient (Wildman–Crippen LogP) is 0.0707. The lowest BCUT2D eigenvalue weighted by Crippen LogP contribution is -2.23. The molecule has 0 spiro atoms. The molecule has 1 aromatic rings. The molecule has 12 heavy (non-hydrogen) atoms. The zero-order valence-corrected chi connectivity index (χ0v) is 6.97. The maximum Gasteiger partial charge on any atom is 0.325 e. The van der Waals surface area contributed by atoms with E-state index in [1.165, 1.54) is 6.20 Å². The van der Waals surface area contributed by atoms with Gasteiger partial charge < -0.3 is 4.98 Å². The summed E-state index contributed by atoms with van der Waals surface area (Å²) in [6, 6.07) is 0. The molecule has 4 heteroatoms. The smallest absolute Gasteiger partial charge is 0.313 e. The number of H-pyrrole nitrogens is 2. The Hall–Kier alpha value is -1.76. The van der Waals surface area contributed by atoms with Crippen molar-refractivity contribution in [3.8, 4) is 12.3 Å². The van der Waals surface area contributed by atoms with Gasteiger partial charge in [-0.1, -0.05) is 19.8 Å². The number of hydrogen-bond donors (Lipinski definition) is 2. The molecular weight excluding hydrogens is 156 g/mol. The quantitative estimate of drug-likeness (QED) is 0.535. The molecule has 0 saturated heterocycles. The fourth-order valence-corrected chi connectivity index (χ4v) is 0.517. The van der Waals surface area contributed by atoms with E-state index in [0.717, 1.165) is 0 Å². The molecule has 1 aromatic heterocycles. The number of aromatic amines is 2. The van der Waals surface area contributed by atoms with E-state index in [-0.39, 0.29) is 5.56 Å². The summed E-state index contributed by atoms with van der Waals surface area (Å²) in [6.07, 6.45) is 6.10. The second kappa shape index (κ2) is 4.97. The Morgan fingerprint density at radius 2 is 2.00 bits per heavy atom. The van der Waals surface area contributed by atoms with Crippen LogP contribution in [0.15, 0.2) is 15.8 Å². The van der Waals surface area contributed by atoms with Crippen molar-refractivity contribution in [2.75, 3.05) is 0 Å². The molecule has 0 aliphatic carbocycles. The summed E-state index contributed by atoms with van der Waals surface area (Å²) in [5.74, 6) is 2.11. The standard InChI is InChI=1S/C6H4N2O2.C2H6/c1-2-4-3-7-6(10)8-5(4)9;1-2/h1,3H,(H2,7,8,9,10);1-2H3. The minimum Gasteiger partial charge on any atom is -0.313 e. The van der Waals surface area contributed by atoms with Crippen LogP contribution >= 0.6 is 0 Å². The lowest BCUT2D eigenvalue weighted by Gasteiger charge is -1.84. The van der Waals surface area contributed by atoms with Gasteiger partial charge in [0.15, 0.2) is 0 Å². The van der Waals surface area contributed by atoms with Crippen molar-refractivity contribution in [3.63, 3.8) is 0 Å². The molecule has 0 aliphatic heterocycles. The molecule has 4 nitrogen and oxygen atoms in total. The van der Waals surface area contributed by atoms with Gasteiger partial charge in [0.2, 0.25) is 0 Å². The van der Waals surface area contributed by atoms with Crippen LogP contribution in [0, 0.1) is 12.3 Å². The van der Waals surface area contributed by atoms with Crippen molar-refractivity contribution in [3.05, 3.63) is 32.6 Å². The molecule has 0 bridgehead atoms. The van der Waals surface area contributed by atoms with Crippen molar-refractivity contribution >= 4 is 0 Å². The Balaban J connectivity index is 0.000000561. The summed E-state index contributed by atoms with van der Waals surface area (Å²) in [4.78, 5) is 25.3. The Bertz CT molecular complexity index is 381. The lowest BCUT2D eigenvalue weighted by molar-refractivity contribution is 1.03. The van der Waals surface area contributed by atoms with Gasteiger partial charge in [-0.2, -0.15) is 0 Å². The van der Waals surface area contributed by atoms with Crippen molar-refractivity contribution in [2.24, 2.45) is 0 Å². The molecule has 0 aliphatic rings. The predicted molar refractivity (Wildman–Crippen MR) is 47.0 cm³/mol. The number of terminal acetylenes is 1. The highest BCUT2D eigenvalue weighted by Gasteiger charge is 1.92. The van der Waals surface area contributed by atoms with Crippen molar-refractivity contribution in [1.82, 2.24) is 9.97 Å². The Labute approximate surface area is 69.7 Å². The van der Waals surface area contributed by atoms with Crippen LogP contribution in [-0.2, 0) is 0 Å². The van der Waals surface area contributed by atoms with E-state index in [1.54, 1.807) is 0 Å². The normalized spacial score (nSPS) is 7.75. The Morgan fingerprint density at radius 3 is 2.42 bits per heavy atom. The van der Waals surface area contributed by atoms with Gasteiger partial charge in [-0.25, -0.2) is 4.79 Å². The van der Waals surface area contributed by atoms with Crippen molar-refractivity contribution in [2.45, 2.75) is 13.8 Å². The van der Waals surface area contributed by atoms with E-state index in [4.69, 9.17) is 6.42 Å². The fourth-order valence-electron chi connectivity index (χ4n) is 0.517. The van der Waals surface area contributed by atoms with Crippen LogP contribution in [0.4, 0.5) is 0 Å². The summed E-state index contributed by atoms with van der Waals surface area (Å²) < 4.78 is 0. The first-order valence-electron chi connectivity index (χ1n) is 3.52. The maximum atomic E-state index is 10.7. The van der Waals surface area contributed by atoms with E-state index >= 15 is 0 Å². The molecule has 0 saturated carbocycles. The molecule has 0 fully saturated rings. The molecule has 1 heterocycles. The first-order chi connectivity index (χ1) is 5.74. The molecule has 1 rings (SSSR count). The first-order valence-corrected chi connectivity index (χ1v) is 3.52. The van der Waals surface area contributed by atoms with Gasteiger partial charge >= 0.3 is 5.69 Å². The lowest BCUT2D eigenvalue weighted by atomic mass is 10.4. The topological polar surface area (TPSA) is 65.7 Å². The van der Waals surface area contributed by atoms with Gasteiger partial charge in [0.05, 0.1) is 0 Å². The van der Waals surface area contributed by atoms with Crippen LogP contribution in [-0.4, -0.2) is 9.97 Å². The van der Waals surface area contributed by atoms with E-state index in [9.17, 15) is 9.59 Å². The molecular formula is C8H10N2O2. The highest BCUT2D eigenvalue weighted by molar-refractivity contribution is 5.25. The summed E-state index contributed by atoms with van der Waals surface area (Å²) in [5, 5.41) is 0. The summed E-state index contributed by atoms with van der Waals surface area (Å²) >= 11 is 0. The summed E-state index contributed by atoms with van der Waals surface area (Å²) in [5.41, 5.74) is -0.963. The second-order valence-electron chi connectivity index (χ2n) is 1.63. The van der Waals surface area contributed by atoms with E-state index in [0.29, 0.717) is 0 Å². The first kappa shape index (κ1) is 10.2. The highest BCUT2D eigenvalue weighted by atomic mass is 16.2. The molecule has 0 atom stereocenters. The third kappa shape index (κ3) is 2.46. The zero-order chi connectivity index (χ0) is 9.56. The van der Waals surface area contributed by atoms with Crippen LogP contribution in [0.3, 0.4) is 0 Å². The number of rotatable bonds is 0.